The van der Waals surface area contributed by atoms with Gasteiger partial charge in [-0.3, -0.25) is 4.79 Å². The van der Waals surface area contributed by atoms with Gasteiger partial charge in [0.1, 0.15) is 0 Å². The fourth-order valence-corrected chi connectivity index (χ4v) is 5.20. The number of hydrogen-bond acceptors (Lipinski definition) is 4. The molecule has 2 fully saturated rings. The SMILES string of the molecule is Cc1ccc(S(=O)(=O)N2CCN(C(=O)C3(N)CCCC3)CC2)cc1C.Cl. The highest BCUT2D eigenvalue weighted by Crippen LogP contribution is 2.29. The van der Waals surface area contributed by atoms with Gasteiger partial charge in [-0.15, -0.1) is 12.4 Å². The van der Waals surface area contributed by atoms with Crippen LogP contribution in [0.3, 0.4) is 0 Å². The van der Waals surface area contributed by atoms with Crippen LogP contribution in [0, 0.1) is 13.8 Å². The Bertz CT molecular complexity index is 768. The van der Waals surface area contributed by atoms with Gasteiger partial charge in [-0.2, -0.15) is 4.31 Å². The second-order valence-corrected chi connectivity index (χ2v) is 9.24. The Balaban J connectivity index is 0.00000243. The molecule has 2 aliphatic rings. The zero-order chi connectivity index (χ0) is 18.2. The van der Waals surface area contributed by atoms with E-state index < -0.39 is 15.6 Å². The first kappa shape index (κ1) is 21.2. The quantitative estimate of drug-likeness (QED) is 0.837. The summed E-state index contributed by atoms with van der Waals surface area (Å²) in [7, 11) is -3.52. The van der Waals surface area contributed by atoms with E-state index in [1.165, 1.54) is 4.31 Å². The largest absolute Gasteiger partial charge is 0.338 e. The Morgan fingerprint density at radius 2 is 1.62 bits per heavy atom. The lowest BCUT2D eigenvalue weighted by atomic mass is 9.97. The molecule has 26 heavy (non-hydrogen) atoms. The summed E-state index contributed by atoms with van der Waals surface area (Å²) in [5, 5.41) is 0. The molecule has 1 aromatic carbocycles. The second-order valence-electron chi connectivity index (χ2n) is 7.31. The molecular formula is C18H28ClN3O3S. The standard InChI is InChI=1S/C18H27N3O3S.ClH/c1-14-5-6-16(13-15(14)2)25(23,24)21-11-9-20(10-12-21)17(22)18(19)7-3-4-8-18;/h5-6,13H,3-4,7-12,19H2,1-2H3;1H. The van der Waals surface area contributed by atoms with Gasteiger partial charge in [0.05, 0.1) is 10.4 Å². The Morgan fingerprint density at radius 3 is 2.15 bits per heavy atom. The van der Waals surface area contributed by atoms with Crippen molar-refractivity contribution in [3.63, 3.8) is 0 Å². The van der Waals surface area contributed by atoms with Crippen molar-refractivity contribution in [3.05, 3.63) is 29.3 Å². The molecule has 1 aliphatic carbocycles. The molecule has 1 aliphatic heterocycles. The average molecular weight is 402 g/mol. The third kappa shape index (κ3) is 3.91. The van der Waals surface area contributed by atoms with Crippen LogP contribution in [0.25, 0.3) is 0 Å². The maximum absolute atomic E-state index is 12.8. The maximum atomic E-state index is 12.8. The number of rotatable bonds is 3. The number of benzene rings is 1. The second kappa shape index (κ2) is 7.84. The summed E-state index contributed by atoms with van der Waals surface area (Å²) in [6, 6.07) is 5.21. The van der Waals surface area contributed by atoms with Gasteiger partial charge in [0.25, 0.3) is 0 Å². The zero-order valence-corrected chi connectivity index (χ0v) is 17.0. The summed E-state index contributed by atoms with van der Waals surface area (Å²) in [5.74, 6) is -0.0202. The molecule has 0 bridgehead atoms. The molecule has 1 saturated carbocycles. The van der Waals surface area contributed by atoms with Gasteiger partial charge in [0.15, 0.2) is 0 Å². The van der Waals surface area contributed by atoms with Gasteiger partial charge in [-0.05, 0) is 49.9 Å². The number of amides is 1. The van der Waals surface area contributed by atoms with Crippen molar-refractivity contribution >= 4 is 28.3 Å². The maximum Gasteiger partial charge on any atom is 0.243 e. The highest BCUT2D eigenvalue weighted by molar-refractivity contribution is 7.89. The van der Waals surface area contributed by atoms with Crippen LogP contribution in [0.15, 0.2) is 23.1 Å². The van der Waals surface area contributed by atoms with Gasteiger partial charge in [0.2, 0.25) is 15.9 Å². The Kier molecular flexibility index (Phi) is 6.38. The summed E-state index contributed by atoms with van der Waals surface area (Å²) in [6.07, 6.45) is 3.44. The predicted molar refractivity (Wildman–Crippen MR) is 104 cm³/mol. The first-order chi connectivity index (χ1) is 11.7. The van der Waals surface area contributed by atoms with E-state index in [4.69, 9.17) is 5.73 Å². The molecule has 3 rings (SSSR count). The van der Waals surface area contributed by atoms with E-state index in [1.54, 1.807) is 17.0 Å². The molecule has 2 N–H and O–H groups in total. The smallest absolute Gasteiger partial charge is 0.243 e. The number of hydrogen-bond donors (Lipinski definition) is 1. The lowest BCUT2D eigenvalue weighted by molar-refractivity contribution is -0.138. The Labute approximate surface area is 162 Å². The fraction of sp³-hybridized carbons (Fsp3) is 0.611. The van der Waals surface area contributed by atoms with Crippen LogP contribution in [-0.2, 0) is 14.8 Å². The van der Waals surface area contributed by atoms with Crippen LogP contribution in [0.2, 0.25) is 0 Å². The van der Waals surface area contributed by atoms with Crippen LogP contribution in [0.5, 0.6) is 0 Å². The number of nitrogens with zero attached hydrogens (tertiary/aromatic N) is 2. The molecule has 8 heteroatoms. The molecule has 0 spiro atoms. The van der Waals surface area contributed by atoms with Crippen molar-refractivity contribution in [2.45, 2.75) is 50.0 Å². The fourth-order valence-electron chi connectivity index (χ4n) is 3.69. The molecule has 146 valence electrons. The van der Waals surface area contributed by atoms with Gasteiger partial charge in [-0.25, -0.2) is 8.42 Å². The van der Waals surface area contributed by atoms with Crippen LogP contribution in [0.4, 0.5) is 0 Å². The Morgan fingerprint density at radius 1 is 1.04 bits per heavy atom. The normalized spacial score (nSPS) is 20.7. The van der Waals surface area contributed by atoms with Crippen molar-refractivity contribution in [2.24, 2.45) is 5.73 Å². The van der Waals surface area contributed by atoms with Crippen molar-refractivity contribution in [1.29, 1.82) is 0 Å². The van der Waals surface area contributed by atoms with Gasteiger partial charge < -0.3 is 10.6 Å². The third-order valence-electron chi connectivity index (χ3n) is 5.56. The molecule has 1 saturated heterocycles. The lowest BCUT2D eigenvalue weighted by Gasteiger charge is -2.37. The van der Waals surface area contributed by atoms with Crippen LogP contribution >= 0.6 is 12.4 Å². The highest BCUT2D eigenvalue weighted by atomic mass is 35.5. The summed E-state index contributed by atoms with van der Waals surface area (Å²) in [6.45, 7) is 5.31. The van der Waals surface area contributed by atoms with Crippen molar-refractivity contribution in [1.82, 2.24) is 9.21 Å². The molecule has 1 amide bonds. The third-order valence-corrected chi connectivity index (χ3v) is 7.46. The van der Waals surface area contributed by atoms with Crippen molar-refractivity contribution < 1.29 is 13.2 Å². The molecule has 1 heterocycles. The number of halogens is 1. The van der Waals surface area contributed by atoms with E-state index in [2.05, 4.69) is 0 Å². The summed E-state index contributed by atoms with van der Waals surface area (Å²) >= 11 is 0. The van der Waals surface area contributed by atoms with Crippen LogP contribution in [-0.4, -0.2) is 55.2 Å². The van der Waals surface area contributed by atoms with Crippen LogP contribution < -0.4 is 5.73 Å². The van der Waals surface area contributed by atoms with Crippen LogP contribution in [0.1, 0.15) is 36.8 Å². The van der Waals surface area contributed by atoms with Gasteiger partial charge in [0, 0.05) is 26.2 Å². The molecule has 0 aromatic heterocycles. The van der Waals surface area contributed by atoms with E-state index in [-0.39, 0.29) is 18.3 Å². The highest BCUT2D eigenvalue weighted by Gasteiger charge is 2.41. The molecule has 6 nitrogen and oxygen atoms in total. The number of sulfonamides is 1. The monoisotopic (exact) mass is 401 g/mol. The van der Waals surface area contributed by atoms with E-state index >= 15 is 0 Å². The minimum Gasteiger partial charge on any atom is -0.338 e. The summed E-state index contributed by atoms with van der Waals surface area (Å²) in [4.78, 5) is 14.7. The minimum atomic E-state index is -3.52. The van der Waals surface area contributed by atoms with E-state index in [0.717, 1.165) is 36.8 Å². The summed E-state index contributed by atoms with van der Waals surface area (Å²) < 4.78 is 27.2. The minimum absolute atomic E-state index is 0. The van der Waals surface area contributed by atoms with Crippen molar-refractivity contribution in [3.8, 4) is 0 Å². The van der Waals surface area contributed by atoms with Gasteiger partial charge in [-0.1, -0.05) is 18.9 Å². The number of aryl methyl sites for hydroxylation is 2. The lowest BCUT2D eigenvalue weighted by Crippen LogP contribution is -2.59. The first-order valence-corrected chi connectivity index (χ1v) is 10.3. The molecule has 0 unspecified atom stereocenters. The molecule has 0 atom stereocenters. The topological polar surface area (TPSA) is 83.7 Å². The predicted octanol–water partition coefficient (Wildman–Crippen LogP) is 1.83. The number of piperazine rings is 1. The van der Waals surface area contributed by atoms with Crippen molar-refractivity contribution in [2.75, 3.05) is 26.2 Å². The van der Waals surface area contributed by atoms with Gasteiger partial charge >= 0.3 is 0 Å². The number of nitrogens with two attached hydrogens (primary N) is 1. The number of carbonyl (C=O) groups is 1. The Hall–Kier alpha value is -1.15. The summed E-state index contributed by atoms with van der Waals surface area (Å²) in [5.41, 5.74) is 7.54. The molecule has 0 radical (unpaired) electrons. The molecular weight excluding hydrogens is 374 g/mol. The van der Waals surface area contributed by atoms with E-state index in [0.29, 0.717) is 31.1 Å². The molecule has 1 aromatic rings. The zero-order valence-electron chi connectivity index (χ0n) is 15.4. The average Bonchev–Trinajstić information content (AvgIpc) is 3.04. The number of carbonyl (C=O) groups excluding carboxylic acids is 1. The van der Waals surface area contributed by atoms with E-state index in [9.17, 15) is 13.2 Å². The first-order valence-electron chi connectivity index (χ1n) is 8.90. The van der Waals surface area contributed by atoms with E-state index in [1.807, 2.05) is 19.9 Å².